The number of carbonyl (C=O) groups is 2. The summed E-state index contributed by atoms with van der Waals surface area (Å²) in [6.45, 7) is 0.982. The van der Waals surface area contributed by atoms with Crippen LogP contribution in [0.3, 0.4) is 0 Å². The molecule has 190 valence electrons. The van der Waals surface area contributed by atoms with Gasteiger partial charge in [0, 0.05) is 28.2 Å². The van der Waals surface area contributed by atoms with Gasteiger partial charge in [0.15, 0.2) is 0 Å². The fourth-order valence-electron chi connectivity index (χ4n) is 4.08. The first-order chi connectivity index (χ1) is 16.5. The fourth-order valence-corrected chi connectivity index (χ4v) is 5.74. The summed E-state index contributed by atoms with van der Waals surface area (Å²) in [5.41, 5.74) is 0.636. The molecule has 0 aliphatic heterocycles. The minimum atomic E-state index is -3.87. The molecule has 0 unspecified atom stereocenters. The number of carbonyl (C=O) groups excluding carboxylic acids is 2. The number of halogens is 3. The van der Waals surface area contributed by atoms with Gasteiger partial charge in [-0.3, -0.25) is 13.9 Å². The second kappa shape index (κ2) is 11.8. The quantitative estimate of drug-likeness (QED) is 0.473. The predicted octanol–water partition coefficient (Wildman–Crippen LogP) is 4.89. The largest absolute Gasteiger partial charge is 0.352 e. The first kappa shape index (κ1) is 27.6. The zero-order valence-corrected chi connectivity index (χ0v) is 22.6. The Morgan fingerprint density at radius 1 is 1.00 bits per heavy atom. The minimum Gasteiger partial charge on any atom is -0.352 e. The number of nitrogens with one attached hydrogen (secondary N) is 1. The van der Waals surface area contributed by atoms with E-state index in [4.69, 9.17) is 34.8 Å². The van der Waals surface area contributed by atoms with Crippen LogP contribution in [0, 0.1) is 0 Å². The number of para-hydroxylation sites is 1. The van der Waals surface area contributed by atoms with Crippen molar-refractivity contribution in [2.45, 2.75) is 51.2 Å². The molecule has 2 aromatic carbocycles. The molecule has 1 atom stereocenters. The Labute approximate surface area is 221 Å². The van der Waals surface area contributed by atoms with E-state index in [1.807, 2.05) is 0 Å². The van der Waals surface area contributed by atoms with Gasteiger partial charge in [-0.1, -0.05) is 65.8 Å². The molecule has 0 bridgehead atoms. The van der Waals surface area contributed by atoms with E-state index in [1.54, 1.807) is 43.3 Å². The normalized spacial score (nSPS) is 15.0. The van der Waals surface area contributed by atoms with Gasteiger partial charge in [-0.25, -0.2) is 8.42 Å². The van der Waals surface area contributed by atoms with E-state index in [9.17, 15) is 18.0 Å². The van der Waals surface area contributed by atoms with E-state index in [0.29, 0.717) is 15.6 Å². The van der Waals surface area contributed by atoms with Gasteiger partial charge in [0.1, 0.15) is 12.6 Å². The van der Waals surface area contributed by atoms with Crippen LogP contribution in [0.5, 0.6) is 0 Å². The zero-order chi connectivity index (χ0) is 25.8. The lowest BCUT2D eigenvalue weighted by Gasteiger charge is -2.32. The molecule has 0 saturated heterocycles. The van der Waals surface area contributed by atoms with Crippen LogP contribution >= 0.6 is 34.8 Å². The van der Waals surface area contributed by atoms with Crippen molar-refractivity contribution in [3.63, 3.8) is 0 Å². The first-order valence-electron chi connectivity index (χ1n) is 11.2. The van der Waals surface area contributed by atoms with E-state index in [2.05, 4.69) is 5.32 Å². The van der Waals surface area contributed by atoms with Crippen molar-refractivity contribution >= 4 is 62.3 Å². The molecule has 1 saturated carbocycles. The standard InChI is InChI=1S/C24H28Cl3N3O4S/c1-16(24(32)28-17-8-3-4-9-17)29(14-18-19(25)11-7-12-20(18)26)23(31)15-30(35(2,33)34)22-13-6-5-10-21(22)27/h5-7,10-13,16-17H,3-4,8-9,14-15H2,1-2H3,(H,28,32)/t16-/m0/s1. The Kier molecular flexibility index (Phi) is 9.32. The maximum absolute atomic E-state index is 13.6. The van der Waals surface area contributed by atoms with Crippen molar-refractivity contribution in [2.24, 2.45) is 0 Å². The number of hydrogen-bond acceptors (Lipinski definition) is 4. The molecule has 35 heavy (non-hydrogen) atoms. The first-order valence-corrected chi connectivity index (χ1v) is 14.2. The fraction of sp³-hybridized carbons (Fsp3) is 0.417. The lowest BCUT2D eigenvalue weighted by Crippen LogP contribution is -2.52. The van der Waals surface area contributed by atoms with Crippen LogP contribution in [0.25, 0.3) is 0 Å². The highest BCUT2D eigenvalue weighted by molar-refractivity contribution is 7.92. The van der Waals surface area contributed by atoms with Gasteiger partial charge in [-0.15, -0.1) is 0 Å². The topological polar surface area (TPSA) is 86.8 Å². The lowest BCUT2D eigenvalue weighted by molar-refractivity contribution is -0.139. The molecular formula is C24H28Cl3N3O4S. The molecule has 7 nitrogen and oxygen atoms in total. The maximum atomic E-state index is 13.6. The van der Waals surface area contributed by atoms with Crippen LogP contribution in [-0.2, 0) is 26.2 Å². The molecular weight excluding hydrogens is 533 g/mol. The Morgan fingerprint density at radius 3 is 2.14 bits per heavy atom. The molecule has 1 aliphatic rings. The highest BCUT2D eigenvalue weighted by Gasteiger charge is 2.32. The van der Waals surface area contributed by atoms with Gasteiger partial charge in [0.2, 0.25) is 21.8 Å². The van der Waals surface area contributed by atoms with Crippen molar-refractivity contribution in [1.82, 2.24) is 10.2 Å². The van der Waals surface area contributed by atoms with Crippen LogP contribution < -0.4 is 9.62 Å². The Bertz CT molecular complexity index is 1170. The number of rotatable bonds is 9. The van der Waals surface area contributed by atoms with Gasteiger partial charge in [0.05, 0.1) is 17.0 Å². The second-order valence-corrected chi connectivity index (χ2v) is 11.7. The third-order valence-electron chi connectivity index (χ3n) is 6.06. The van der Waals surface area contributed by atoms with Crippen LogP contribution in [-0.4, -0.2) is 50.0 Å². The van der Waals surface area contributed by atoms with E-state index in [-0.39, 0.29) is 29.2 Å². The van der Waals surface area contributed by atoms with Gasteiger partial charge in [0.25, 0.3) is 0 Å². The molecule has 11 heteroatoms. The molecule has 2 aromatic rings. The number of amides is 2. The molecule has 0 aromatic heterocycles. The Balaban J connectivity index is 1.93. The molecule has 0 radical (unpaired) electrons. The summed E-state index contributed by atoms with van der Waals surface area (Å²) in [6, 6.07) is 10.5. The average Bonchev–Trinajstić information content (AvgIpc) is 3.29. The number of benzene rings is 2. The SMILES string of the molecule is C[C@@H](C(=O)NC1CCCC1)N(Cc1c(Cl)cccc1Cl)C(=O)CN(c1ccccc1Cl)S(C)(=O)=O. The summed E-state index contributed by atoms with van der Waals surface area (Å²) in [5.74, 6) is -0.919. The summed E-state index contributed by atoms with van der Waals surface area (Å²) in [7, 11) is -3.87. The number of anilines is 1. The number of hydrogen-bond donors (Lipinski definition) is 1. The smallest absolute Gasteiger partial charge is 0.244 e. The number of sulfonamides is 1. The third kappa shape index (κ3) is 7.03. The monoisotopic (exact) mass is 559 g/mol. The Hall–Kier alpha value is -2.00. The molecule has 1 N–H and O–H groups in total. The summed E-state index contributed by atoms with van der Waals surface area (Å²) in [5, 5.41) is 3.86. The summed E-state index contributed by atoms with van der Waals surface area (Å²) < 4.78 is 26.2. The van der Waals surface area contributed by atoms with E-state index in [0.717, 1.165) is 36.2 Å². The third-order valence-corrected chi connectivity index (χ3v) is 8.21. The van der Waals surface area contributed by atoms with Crippen molar-refractivity contribution in [3.8, 4) is 0 Å². The average molecular weight is 561 g/mol. The summed E-state index contributed by atoms with van der Waals surface area (Å²) in [6.07, 6.45) is 4.85. The van der Waals surface area contributed by atoms with Crippen LogP contribution in [0.1, 0.15) is 38.2 Å². The number of nitrogens with zero attached hydrogens (tertiary/aromatic N) is 2. The van der Waals surface area contributed by atoms with E-state index in [1.165, 1.54) is 11.0 Å². The van der Waals surface area contributed by atoms with Gasteiger partial charge in [-0.2, -0.15) is 0 Å². The summed E-state index contributed by atoms with van der Waals surface area (Å²) >= 11 is 18.9. The van der Waals surface area contributed by atoms with Gasteiger partial charge in [-0.05, 0) is 44.0 Å². The molecule has 1 aliphatic carbocycles. The minimum absolute atomic E-state index is 0.0569. The van der Waals surface area contributed by atoms with E-state index < -0.39 is 28.5 Å². The van der Waals surface area contributed by atoms with Crippen molar-refractivity contribution in [1.29, 1.82) is 0 Å². The molecule has 3 rings (SSSR count). The maximum Gasteiger partial charge on any atom is 0.244 e. The van der Waals surface area contributed by atoms with Crippen molar-refractivity contribution < 1.29 is 18.0 Å². The highest BCUT2D eigenvalue weighted by atomic mass is 35.5. The summed E-state index contributed by atoms with van der Waals surface area (Å²) in [4.78, 5) is 28.0. The van der Waals surface area contributed by atoms with Crippen LogP contribution in [0.2, 0.25) is 15.1 Å². The molecule has 2 amide bonds. The van der Waals surface area contributed by atoms with Crippen molar-refractivity contribution in [2.75, 3.05) is 17.1 Å². The van der Waals surface area contributed by atoms with E-state index >= 15 is 0 Å². The zero-order valence-electron chi connectivity index (χ0n) is 19.5. The van der Waals surface area contributed by atoms with Crippen LogP contribution in [0.4, 0.5) is 5.69 Å². The lowest BCUT2D eigenvalue weighted by atomic mass is 10.1. The molecule has 0 spiro atoms. The molecule has 1 fully saturated rings. The second-order valence-electron chi connectivity index (χ2n) is 8.61. The van der Waals surface area contributed by atoms with Gasteiger partial charge >= 0.3 is 0 Å². The predicted molar refractivity (Wildman–Crippen MR) is 141 cm³/mol. The highest BCUT2D eigenvalue weighted by Crippen LogP contribution is 2.29. The Morgan fingerprint density at radius 2 is 1.57 bits per heavy atom. The molecule has 0 heterocycles. The van der Waals surface area contributed by atoms with Gasteiger partial charge < -0.3 is 10.2 Å². The van der Waals surface area contributed by atoms with Crippen molar-refractivity contribution in [3.05, 3.63) is 63.1 Å². The van der Waals surface area contributed by atoms with Crippen LogP contribution in [0.15, 0.2) is 42.5 Å².